The number of aryl methyl sites for hydroxylation is 2. The molecule has 1 fully saturated rings. The molecule has 14 heavy (non-hydrogen) atoms. The third-order valence-corrected chi connectivity index (χ3v) is 2.76. The van der Waals surface area contributed by atoms with E-state index in [0.29, 0.717) is 6.54 Å². The molecule has 1 aromatic rings. The Balaban J connectivity index is 2.22. The van der Waals surface area contributed by atoms with Crippen LogP contribution < -0.4 is 5.32 Å². The number of hydrogen-bond donors (Lipinski definition) is 2. The fraction of sp³-hybridized carbons (Fsp3) is 0.700. The monoisotopic (exact) mass is 195 g/mol. The summed E-state index contributed by atoms with van der Waals surface area (Å²) in [7, 11) is 1.94. The van der Waals surface area contributed by atoms with Gasteiger partial charge in [-0.15, -0.1) is 0 Å². The zero-order valence-electron chi connectivity index (χ0n) is 8.70. The van der Waals surface area contributed by atoms with Gasteiger partial charge in [0.25, 0.3) is 0 Å². The Morgan fingerprint density at radius 1 is 1.71 bits per heavy atom. The second-order valence-corrected chi connectivity index (χ2v) is 3.91. The molecule has 2 N–H and O–H groups in total. The van der Waals surface area contributed by atoms with Crippen LogP contribution >= 0.6 is 0 Å². The van der Waals surface area contributed by atoms with Crippen molar-refractivity contribution >= 4 is 0 Å². The Morgan fingerprint density at radius 3 is 3.07 bits per heavy atom. The SMILES string of the molecule is CCc1nn(C)cc1C1CC(O)CN1. The predicted molar refractivity (Wildman–Crippen MR) is 54.0 cm³/mol. The molecule has 2 rings (SSSR count). The highest BCUT2D eigenvalue weighted by Crippen LogP contribution is 2.25. The standard InChI is InChI=1S/C10H17N3O/c1-3-9-8(6-13(2)12-9)10-4-7(14)5-11-10/h6-7,10-11,14H,3-5H2,1-2H3. The van der Waals surface area contributed by atoms with E-state index in [9.17, 15) is 5.11 Å². The van der Waals surface area contributed by atoms with Gasteiger partial charge in [-0.2, -0.15) is 5.10 Å². The molecule has 1 aliphatic rings. The fourth-order valence-electron chi connectivity index (χ4n) is 2.07. The molecule has 0 aromatic carbocycles. The Kier molecular flexibility index (Phi) is 2.56. The topological polar surface area (TPSA) is 50.1 Å². The molecule has 4 nitrogen and oxygen atoms in total. The van der Waals surface area contributed by atoms with Crippen molar-refractivity contribution in [2.45, 2.75) is 31.9 Å². The van der Waals surface area contributed by atoms with E-state index in [-0.39, 0.29) is 12.1 Å². The Morgan fingerprint density at radius 2 is 2.50 bits per heavy atom. The largest absolute Gasteiger partial charge is 0.392 e. The van der Waals surface area contributed by atoms with Crippen molar-refractivity contribution in [3.8, 4) is 0 Å². The lowest BCUT2D eigenvalue weighted by molar-refractivity contribution is 0.193. The first-order valence-corrected chi connectivity index (χ1v) is 5.14. The Bertz CT molecular complexity index is 321. The van der Waals surface area contributed by atoms with Gasteiger partial charge >= 0.3 is 0 Å². The molecule has 1 aromatic heterocycles. The van der Waals surface area contributed by atoms with Gasteiger partial charge in [0.2, 0.25) is 0 Å². The van der Waals surface area contributed by atoms with Gasteiger partial charge in [-0.25, -0.2) is 0 Å². The lowest BCUT2D eigenvalue weighted by atomic mass is 10.0. The number of nitrogens with one attached hydrogen (secondary N) is 1. The fourth-order valence-corrected chi connectivity index (χ4v) is 2.07. The van der Waals surface area contributed by atoms with Crippen molar-refractivity contribution in [2.24, 2.45) is 7.05 Å². The van der Waals surface area contributed by atoms with E-state index in [1.54, 1.807) is 0 Å². The van der Waals surface area contributed by atoms with Gasteiger partial charge in [-0.1, -0.05) is 6.92 Å². The van der Waals surface area contributed by atoms with Crippen LogP contribution in [-0.2, 0) is 13.5 Å². The van der Waals surface area contributed by atoms with Crippen LogP contribution in [0.1, 0.15) is 30.6 Å². The van der Waals surface area contributed by atoms with Crippen LogP contribution in [0.5, 0.6) is 0 Å². The summed E-state index contributed by atoms with van der Waals surface area (Å²) in [4.78, 5) is 0. The summed E-state index contributed by atoms with van der Waals surface area (Å²) in [5.74, 6) is 0. The molecule has 0 spiro atoms. The highest BCUT2D eigenvalue weighted by atomic mass is 16.3. The summed E-state index contributed by atoms with van der Waals surface area (Å²) in [5, 5.41) is 17.1. The summed E-state index contributed by atoms with van der Waals surface area (Å²) in [6.07, 6.45) is 3.60. The molecule has 4 heteroatoms. The zero-order valence-corrected chi connectivity index (χ0v) is 8.70. The van der Waals surface area contributed by atoms with Crippen molar-refractivity contribution in [3.05, 3.63) is 17.5 Å². The number of hydrogen-bond acceptors (Lipinski definition) is 3. The summed E-state index contributed by atoms with van der Waals surface area (Å²) in [6, 6.07) is 0.286. The molecule has 2 unspecified atom stereocenters. The number of β-amino-alcohol motifs (C(OH)–C–C–N with tert-alkyl or cyclic N) is 1. The molecular formula is C10H17N3O. The summed E-state index contributed by atoms with van der Waals surface area (Å²) in [5.41, 5.74) is 2.38. The summed E-state index contributed by atoms with van der Waals surface area (Å²) < 4.78 is 1.85. The summed E-state index contributed by atoms with van der Waals surface area (Å²) in [6.45, 7) is 2.81. The highest BCUT2D eigenvalue weighted by molar-refractivity contribution is 5.22. The molecular weight excluding hydrogens is 178 g/mol. The van der Waals surface area contributed by atoms with Crippen molar-refractivity contribution < 1.29 is 5.11 Å². The third kappa shape index (κ3) is 1.67. The zero-order chi connectivity index (χ0) is 10.1. The minimum Gasteiger partial charge on any atom is -0.392 e. The smallest absolute Gasteiger partial charge is 0.0683 e. The first kappa shape index (κ1) is 9.68. The molecule has 2 heterocycles. The van der Waals surface area contributed by atoms with Crippen LogP contribution in [0, 0.1) is 0 Å². The van der Waals surface area contributed by atoms with E-state index in [1.165, 1.54) is 5.56 Å². The lowest BCUT2D eigenvalue weighted by Gasteiger charge is -2.08. The molecule has 0 amide bonds. The normalized spacial score (nSPS) is 27.1. The second kappa shape index (κ2) is 3.71. The van der Waals surface area contributed by atoms with Crippen LogP contribution in [0.4, 0.5) is 0 Å². The summed E-state index contributed by atoms with van der Waals surface area (Å²) >= 11 is 0. The molecule has 0 radical (unpaired) electrons. The number of nitrogens with zero attached hydrogens (tertiary/aromatic N) is 2. The maximum absolute atomic E-state index is 9.44. The average molecular weight is 195 g/mol. The number of aliphatic hydroxyl groups is 1. The quantitative estimate of drug-likeness (QED) is 0.717. The van der Waals surface area contributed by atoms with E-state index in [4.69, 9.17) is 0 Å². The van der Waals surface area contributed by atoms with Crippen molar-refractivity contribution in [2.75, 3.05) is 6.54 Å². The van der Waals surface area contributed by atoms with Crippen LogP contribution in [0.15, 0.2) is 6.20 Å². The van der Waals surface area contributed by atoms with E-state index < -0.39 is 0 Å². The maximum Gasteiger partial charge on any atom is 0.0683 e. The molecule has 2 atom stereocenters. The second-order valence-electron chi connectivity index (χ2n) is 3.91. The van der Waals surface area contributed by atoms with Crippen molar-refractivity contribution in [3.63, 3.8) is 0 Å². The van der Waals surface area contributed by atoms with Crippen molar-refractivity contribution in [1.82, 2.24) is 15.1 Å². The van der Waals surface area contributed by atoms with E-state index in [1.807, 2.05) is 11.7 Å². The average Bonchev–Trinajstić information content (AvgIpc) is 2.71. The number of rotatable bonds is 2. The van der Waals surface area contributed by atoms with Gasteiger partial charge in [0.05, 0.1) is 11.8 Å². The maximum atomic E-state index is 9.44. The van der Waals surface area contributed by atoms with Crippen LogP contribution in [0.2, 0.25) is 0 Å². The van der Waals surface area contributed by atoms with E-state index in [2.05, 4.69) is 23.5 Å². The molecule has 0 bridgehead atoms. The van der Waals surface area contributed by atoms with Crippen LogP contribution in [0.25, 0.3) is 0 Å². The third-order valence-electron chi connectivity index (χ3n) is 2.76. The van der Waals surface area contributed by atoms with Crippen molar-refractivity contribution in [1.29, 1.82) is 0 Å². The van der Waals surface area contributed by atoms with Gasteiger partial charge in [0.1, 0.15) is 0 Å². The first-order chi connectivity index (χ1) is 6.70. The highest BCUT2D eigenvalue weighted by Gasteiger charge is 2.26. The van der Waals surface area contributed by atoms with Gasteiger partial charge in [-0.3, -0.25) is 4.68 Å². The molecule has 78 valence electrons. The van der Waals surface area contributed by atoms with E-state index >= 15 is 0 Å². The molecule has 0 aliphatic carbocycles. The van der Waals surface area contributed by atoms with Gasteiger partial charge in [0, 0.05) is 31.4 Å². The minimum absolute atomic E-state index is 0.204. The molecule has 0 saturated carbocycles. The Labute approximate surface area is 83.9 Å². The molecule has 1 saturated heterocycles. The van der Waals surface area contributed by atoms with Crippen LogP contribution in [0.3, 0.4) is 0 Å². The Hall–Kier alpha value is -0.870. The minimum atomic E-state index is -0.204. The number of aliphatic hydroxyl groups excluding tert-OH is 1. The predicted octanol–water partition coefficient (Wildman–Crippen LogP) is 0.378. The van der Waals surface area contributed by atoms with Gasteiger partial charge < -0.3 is 10.4 Å². The number of aromatic nitrogens is 2. The van der Waals surface area contributed by atoms with Gasteiger partial charge in [0.15, 0.2) is 0 Å². The van der Waals surface area contributed by atoms with Crippen LogP contribution in [-0.4, -0.2) is 27.5 Å². The lowest BCUT2D eigenvalue weighted by Crippen LogP contribution is -2.15. The first-order valence-electron chi connectivity index (χ1n) is 5.14. The molecule has 1 aliphatic heterocycles. The van der Waals surface area contributed by atoms with E-state index in [0.717, 1.165) is 18.5 Å². The van der Waals surface area contributed by atoms with Gasteiger partial charge in [-0.05, 0) is 12.8 Å².